The number of nitrogens with zero attached hydrogens (tertiary/aromatic N) is 2. The van der Waals surface area contributed by atoms with Gasteiger partial charge in [-0.05, 0) is 19.7 Å². The predicted molar refractivity (Wildman–Crippen MR) is 57.4 cm³/mol. The Kier molecular flexibility index (Phi) is 3.18. The predicted octanol–water partition coefficient (Wildman–Crippen LogP) is 2.31. The summed E-state index contributed by atoms with van der Waals surface area (Å²) in [4.78, 5) is 8.03. The van der Waals surface area contributed by atoms with E-state index in [4.69, 9.17) is 0 Å². The minimum Gasteiger partial charge on any atom is -0.293 e. The van der Waals surface area contributed by atoms with Crippen LogP contribution < -0.4 is 0 Å². The van der Waals surface area contributed by atoms with Gasteiger partial charge in [0.2, 0.25) is 0 Å². The average molecular weight is 172 g/mol. The Balaban J connectivity index is 3.25. The normalized spacial score (nSPS) is 16.3. The van der Waals surface area contributed by atoms with Crippen LogP contribution in [0.2, 0.25) is 0 Å². The fourth-order valence-electron chi connectivity index (χ4n) is 1.05. The Hall–Kier alpha value is -1.66. The first-order chi connectivity index (χ1) is 6.29. The molecule has 0 aromatic rings. The largest absolute Gasteiger partial charge is 0.293 e. The van der Waals surface area contributed by atoms with Gasteiger partial charge >= 0.3 is 0 Å². The third-order valence-electron chi connectivity index (χ3n) is 1.85. The van der Waals surface area contributed by atoms with Gasteiger partial charge in [-0.15, -0.1) is 5.73 Å². The molecule has 0 fully saturated rings. The summed E-state index contributed by atoms with van der Waals surface area (Å²) in [5.41, 5.74) is 5.74. The second kappa shape index (κ2) is 4.39. The van der Waals surface area contributed by atoms with Gasteiger partial charge in [-0.1, -0.05) is 12.2 Å². The van der Waals surface area contributed by atoms with E-state index in [9.17, 15) is 0 Å². The van der Waals surface area contributed by atoms with Crippen molar-refractivity contribution in [2.45, 2.75) is 6.92 Å². The molecule has 0 heterocycles. The van der Waals surface area contributed by atoms with Gasteiger partial charge in [0, 0.05) is 24.4 Å². The molecule has 2 heteroatoms. The average Bonchev–Trinajstić information content (AvgIpc) is 2.41. The van der Waals surface area contributed by atoms with Crippen LogP contribution in [0.4, 0.5) is 0 Å². The summed E-state index contributed by atoms with van der Waals surface area (Å²) in [5, 5.41) is 0. The SMILES string of the molecule is C=NC1=C(C(C)=NC)C=CC=C=C1. The molecule has 0 radical (unpaired) electrons. The van der Waals surface area contributed by atoms with Gasteiger partial charge in [-0.3, -0.25) is 9.98 Å². The van der Waals surface area contributed by atoms with Crippen molar-refractivity contribution in [1.29, 1.82) is 0 Å². The number of rotatable bonds is 2. The van der Waals surface area contributed by atoms with Crippen LogP contribution in [-0.2, 0) is 0 Å². The molecule has 1 aliphatic carbocycles. The van der Waals surface area contributed by atoms with Crippen molar-refractivity contribution >= 4 is 12.4 Å². The summed E-state index contributed by atoms with van der Waals surface area (Å²) in [5.74, 6) is 0. The molecule has 1 rings (SSSR count). The standard InChI is InChI=1S/C11H12N2/c1-9(12-2)10-7-5-4-6-8-11(10)13-3/h4-5,7-8H,3H2,1-2H3. The molecular formula is C11H12N2. The molecule has 0 spiro atoms. The first-order valence-electron chi connectivity index (χ1n) is 4.03. The van der Waals surface area contributed by atoms with Crippen molar-refractivity contribution in [1.82, 2.24) is 0 Å². The molecular weight excluding hydrogens is 160 g/mol. The summed E-state index contributed by atoms with van der Waals surface area (Å²) in [7, 11) is 1.76. The van der Waals surface area contributed by atoms with Gasteiger partial charge in [0.05, 0.1) is 5.70 Å². The number of aliphatic imine (C=N–C) groups is 2. The summed E-state index contributed by atoms with van der Waals surface area (Å²) < 4.78 is 0. The molecule has 2 nitrogen and oxygen atoms in total. The zero-order valence-electron chi connectivity index (χ0n) is 7.91. The second-order valence-corrected chi connectivity index (χ2v) is 2.60. The van der Waals surface area contributed by atoms with Crippen molar-refractivity contribution in [2.75, 3.05) is 7.05 Å². The van der Waals surface area contributed by atoms with E-state index >= 15 is 0 Å². The lowest BCUT2D eigenvalue weighted by Gasteiger charge is -2.02. The maximum Gasteiger partial charge on any atom is 0.0789 e. The zero-order valence-corrected chi connectivity index (χ0v) is 7.91. The van der Waals surface area contributed by atoms with Crippen LogP contribution in [0.25, 0.3) is 0 Å². The Morgan fingerprint density at radius 1 is 1.54 bits per heavy atom. The topological polar surface area (TPSA) is 24.7 Å². The molecule has 0 bridgehead atoms. The summed E-state index contributed by atoms with van der Waals surface area (Å²) in [6.45, 7) is 5.46. The molecule has 0 aromatic carbocycles. The van der Waals surface area contributed by atoms with Crippen LogP contribution in [-0.4, -0.2) is 19.5 Å². The smallest absolute Gasteiger partial charge is 0.0789 e. The Labute approximate surface area is 78.4 Å². The molecule has 0 saturated carbocycles. The van der Waals surface area contributed by atoms with Crippen molar-refractivity contribution in [3.05, 3.63) is 41.3 Å². The molecule has 0 aromatic heterocycles. The minimum absolute atomic E-state index is 0.813. The Morgan fingerprint density at radius 3 is 2.92 bits per heavy atom. The lowest BCUT2D eigenvalue weighted by atomic mass is 10.1. The lowest BCUT2D eigenvalue weighted by molar-refractivity contribution is 1.36. The fraction of sp³-hybridized carbons (Fsp3) is 0.182. The maximum atomic E-state index is 4.11. The quantitative estimate of drug-likeness (QED) is 0.451. The van der Waals surface area contributed by atoms with E-state index in [1.165, 1.54) is 0 Å². The van der Waals surface area contributed by atoms with Crippen LogP contribution >= 0.6 is 0 Å². The molecule has 0 N–H and O–H groups in total. The second-order valence-electron chi connectivity index (χ2n) is 2.60. The maximum absolute atomic E-state index is 4.11. The third kappa shape index (κ3) is 2.14. The van der Waals surface area contributed by atoms with E-state index in [1.54, 1.807) is 13.1 Å². The summed E-state index contributed by atoms with van der Waals surface area (Å²) in [6.07, 6.45) is 7.51. The highest BCUT2D eigenvalue weighted by Gasteiger charge is 2.03. The van der Waals surface area contributed by atoms with Crippen LogP contribution in [0.3, 0.4) is 0 Å². The monoisotopic (exact) mass is 172 g/mol. The van der Waals surface area contributed by atoms with Crippen molar-refractivity contribution < 1.29 is 0 Å². The molecule has 66 valence electrons. The third-order valence-corrected chi connectivity index (χ3v) is 1.85. The Bertz CT molecular complexity index is 362. The molecule has 0 atom stereocenters. The van der Waals surface area contributed by atoms with Gasteiger partial charge in [-0.25, -0.2) is 0 Å². The zero-order chi connectivity index (χ0) is 9.68. The van der Waals surface area contributed by atoms with E-state index in [-0.39, 0.29) is 0 Å². The minimum atomic E-state index is 0.813. The molecule has 0 saturated heterocycles. The van der Waals surface area contributed by atoms with E-state index in [0.29, 0.717) is 0 Å². The lowest BCUT2D eigenvalue weighted by Crippen LogP contribution is -1.97. The van der Waals surface area contributed by atoms with E-state index in [0.717, 1.165) is 17.0 Å². The van der Waals surface area contributed by atoms with Gasteiger partial charge in [-0.2, -0.15) is 0 Å². The highest BCUT2D eigenvalue weighted by atomic mass is 14.7. The number of hydrogen-bond donors (Lipinski definition) is 0. The fourth-order valence-corrected chi connectivity index (χ4v) is 1.05. The highest BCUT2D eigenvalue weighted by Crippen LogP contribution is 2.13. The van der Waals surface area contributed by atoms with Gasteiger partial charge in [0.25, 0.3) is 0 Å². The molecule has 0 amide bonds. The van der Waals surface area contributed by atoms with Gasteiger partial charge < -0.3 is 0 Å². The molecule has 13 heavy (non-hydrogen) atoms. The van der Waals surface area contributed by atoms with Crippen molar-refractivity contribution in [3.8, 4) is 0 Å². The van der Waals surface area contributed by atoms with Gasteiger partial charge in [0.15, 0.2) is 0 Å². The van der Waals surface area contributed by atoms with Crippen LogP contribution in [0.15, 0.2) is 51.3 Å². The van der Waals surface area contributed by atoms with Gasteiger partial charge in [0.1, 0.15) is 0 Å². The summed E-state index contributed by atoms with van der Waals surface area (Å²) in [6, 6.07) is 0. The first-order valence-corrected chi connectivity index (χ1v) is 4.03. The van der Waals surface area contributed by atoms with Crippen LogP contribution in [0, 0.1) is 0 Å². The van der Waals surface area contributed by atoms with E-state index in [1.807, 2.05) is 25.2 Å². The van der Waals surface area contributed by atoms with Crippen molar-refractivity contribution in [2.24, 2.45) is 9.98 Å². The van der Waals surface area contributed by atoms with Crippen LogP contribution in [0.1, 0.15) is 6.92 Å². The van der Waals surface area contributed by atoms with E-state index < -0.39 is 0 Å². The van der Waals surface area contributed by atoms with E-state index in [2.05, 4.69) is 22.4 Å². The van der Waals surface area contributed by atoms with Crippen LogP contribution in [0.5, 0.6) is 0 Å². The number of hydrogen-bond acceptors (Lipinski definition) is 2. The highest BCUT2D eigenvalue weighted by molar-refractivity contribution is 6.01. The first kappa shape index (κ1) is 9.43. The molecule has 0 aliphatic heterocycles. The molecule has 1 aliphatic rings. The number of allylic oxidation sites excluding steroid dienone is 4. The van der Waals surface area contributed by atoms with Crippen molar-refractivity contribution in [3.63, 3.8) is 0 Å². The molecule has 0 unspecified atom stereocenters. The Morgan fingerprint density at radius 2 is 2.31 bits per heavy atom. The summed E-state index contributed by atoms with van der Waals surface area (Å²) >= 11 is 0.